The fourth-order valence-electron chi connectivity index (χ4n) is 3.40. The van der Waals surface area contributed by atoms with E-state index in [1.807, 2.05) is 12.1 Å². The van der Waals surface area contributed by atoms with Gasteiger partial charge in [-0.2, -0.15) is 0 Å². The Morgan fingerprint density at radius 2 is 1.59 bits per heavy atom. The number of hydrogen-bond acceptors (Lipinski definition) is 4. The molecule has 6 nitrogen and oxygen atoms in total. The Morgan fingerprint density at radius 3 is 2.25 bits per heavy atom. The molecule has 0 spiro atoms. The van der Waals surface area contributed by atoms with E-state index >= 15 is 0 Å². The van der Waals surface area contributed by atoms with E-state index in [1.165, 1.54) is 5.56 Å². The summed E-state index contributed by atoms with van der Waals surface area (Å²) in [7, 11) is 2.53. The normalized spacial score (nSPS) is 10.8. The molecule has 1 atom stereocenters. The van der Waals surface area contributed by atoms with Crippen LogP contribution in [0.5, 0.6) is 0 Å². The second kappa shape index (κ2) is 11.5. The van der Waals surface area contributed by atoms with Crippen molar-refractivity contribution in [2.45, 2.75) is 26.9 Å². The molecule has 2 amide bonds. The molecule has 1 unspecified atom stereocenters. The van der Waals surface area contributed by atoms with Crippen molar-refractivity contribution in [2.24, 2.45) is 0 Å². The molecule has 0 saturated carbocycles. The Kier molecular flexibility index (Phi) is 8.48. The fraction of sp³-hybridized carbons (Fsp3) is 0.240. The third-order valence-electron chi connectivity index (χ3n) is 5.27. The highest BCUT2D eigenvalue weighted by molar-refractivity contribution is 7.14. The van der Waals surface area contributed by atoms with E-state index in [0.717, 1.165) is 25.2 Å². The summed E-state index contributed by atoms with van der Waals surface area (Å²) in [6, 6.07) is 20.3. The lowest BCUT2D eigenvalue weighted by Gasteiger charge is -2.23. The molecular formula is C25H29N4O2P. The monoisotopic (exact) mass is 448 g/mol. The van der Waals surface area contributed by atoms with Crippen LogP contribution < -0.4 is 5.32 Å². The van der Waals surface area contributed by atoms with Crippen molar-refractivity contribution in [3.05, 3.63) is 95.3 Å². The molecule has 1 aromatic heterocycles. The predicted molar refractivity (Wildman–Crippen MR) is 131 cm³/mol. The van der Waals surface area contributed by atoms with Gasteiger partial charge in [-0.25, -0.2) is 0 Å². The summed E-state index contributed by atoms with van der Waals surface area (Å²) in [5.41, 5.74) is 3.70. The van der Waals surface area contributed by atoms with Crippen LogP contribution in [-0.4, -0.2) is 39.5 Å². The van der Waals surface area contributed by atoms with E-state index in [0.29, 0.717) is 23.5 Å². The third kappa shape index (κ3) is 6.22. The molecule has 166 valence electrons. The van der Waals surface area contributed by atoms with Crippen molar-refractivity contribution in [1.82, 2.24) is 14.6 Å². The minimum atomic E-state index is -0.316. The molecule has 1 N–H and O–H groups in total. The molecule has 1 heterocycles. The number of nitrogens with one attached hydrogen (secondary N) is 1. The van der Waals surface area contributed by atoms with Crippen molar-refractivity contribution in [2.75, 3.05) is 18.4 Å². The topological polar surface area (TPSA) is 65.5 Å². The number of carbonyl (C=O) groups excluding carboxylic acids is 2. The Labute approximate surface area is 191 Å². The molecular weight excluding hydrogens is 419 g/mol. The Bertz CT molecular complexity index is 1050. The number of carbonyl (C=O) groups is 2. The number of hydrogen-bond donors (Lipinski definition) is 1. The standard InChI is InChI=1S/C25H29N4O2P/c1-3-28(4-2)17-20-10-5-6-11-21(20)18-29(32)25(31)19-12-9-13-22(16-19)27-24(30)23-14-7-8-15-26-23/h5-16H,3-4,17-18,32H2,1-2H3,(H,27,30). The smallest absolute Gasteiger partial charge is 0.274 e. The van der Waals surface area contributed by atoms with Gasteiger partial charge in [0, 0.05) is 30.5 Å². The summed E-state index contributed by atoms with van der Waals surface area (Å²) in [6.07, 6.45) is 1.57. The highest BCUT2D eigenvalue weighted by Crippen LogP contribution is 2.20. The van der Waals surface area contributed by atoms with Gasteiger partial charge < -0.3 is 9.99 Å². The highest BCUT2D eigenvalue weighted by atomic mass is 31.0. The average Bonchev–Trinajstić information content (AvgIpc) is 2.83. The first-order chi connectivity index (χ1) is 15.5. The summed E-state index contributed by atoms with van der Waals surface area (Å²) in [5.74, 6) is -0.454. The summed E-state index contributed by atoms with van der Waals surface area (Å²) >= 11 is 0. The lowest BCUT2D eigenvalue weighted by molar-refractivity contribution is 0.0863. The molecule has 7 heteroatoms. The first-order valence-corrected chi connectivity index (χ1v) is 11.2. The first-order valence-electron chi connectivity index (χ1n) is 10.7. The van der Waals surface area contributed by atoms with Crippen LogP contribution in [0.15, 0.2) is 72.9 Å². The van der Waals surface area contributed by atoms with Crippen LogP contribution in [0.3, 0.4) is 0 Å². The molecule has 0 bridgehead atoms. The number of aromatic nitrogens is 1. The summed E-state index contributed by atoms with van der Waals surface area (Å²) in [5, 5.41) is 2.80. The van der Waals surface area contributed by atoms with Crippen LogP contribution >= 0.6 is 9.39 Å². The predicted octanol–water partition coefficient (Wildman–Crippen LogP) is 4.61. The quantitative estimate of drug-likeness (QED) is 0.486. The van der Waals surface area contributed by atoms with Gasteiger partial charge in [0.1, 0.15) is 5.69 Å². The Hall–Kier alpha value is -3.08. The van der Waals surface area contributed by atoms with Gasteiger partial charge >= 0.3 is 0 Å². The minimum Gasteiger partial charge on any atom is -0.321 e. The van der Waals surface area contributed by atoms with Crippen LogP contribution in [0.4, 0.5) is 5.69 Å². The second-order valence-electron chi connectivity index (χ2n) is 7.41. The van der Waals surface area contributed by atoms with Gasteiger partial charge in [-0.05, 0) is 63.9 Å². The van der Waals surface area contributed by atoms with Crippen LogP contribution in [0.2, 0.25) is 0 Å². The average molecular weight is 449 g/mol. The fourth-order valence-corrected chi connectivity index (χ4v) is 3.74. The molecule has 0 aliphatic carbocycles. The van der Waals surface area contributed by atoms with E-state index in [2.05, 4.69) is 50.6 Å². The van der Waals surface area contributed by atoms with Gasteiger partial charge in [0.2, 0.25) is 0 Å². The van der Waals surface area contributed by atoms with Crippen LogP contribution in [0, 0.1) is 0 Å². The van der Waals surface area contributed by atoms with Gasteiger partial charge in [0.25, 0.3) is 11.8 Å². The maximum absolute atomic E-state index is 13.1. The number of rotatable bonds is 9. The SMILES string of the molecule is CCN(CC)Cc1ccccc1CN(P)C(=O)c1cccc(NC(=O)c2ccccn2)c1. The maximum Gasteiger partial charge on any atom is 0.274 e. The zero-order chi connectivity index (χ0) is 22.9. The van der Waals surface area contributed by atoms with Crippen molar-refractivity contribution < 1.29 is 9.59 Å². The number of anilines is 1. The van der Waals surface area contributed by atoms with Gasteiger partial charge in [0.05, 0.1) is 0 Å². The molecule has 0 aliphatic rings. The lowest BCUT2D eigenvalue weighted by Crippen LogP contribution is -2.25. The van der Waals surface area contributed by atoms with E-state index in [4.69, 9.17) is 0 Å². The molecule has 32 heavy (non-hydrogen) atoms. The van der Waals surface area contributed by atoms with E-state index in [-0.39, 0.29) is 11.8 Å². The first kappa shape index (κ1) is 23.6. The zero-order valence-corrected chi connectivity index (χ0v) is 19.6. The minimum absolute atomic E-state index is 0.137. The van der Waals surface area contributed by atoms with Crippen LogP contribution in [-0.2, 0) is 13.1 Å². The number of pyridine rings is 1. The summed E-state index contributed by atoms with van der Waals surface area (Å²) in [6.45, 7) is 7.58. The molecule has 3 aromatic rings. The maximum atomic E-state index is 13.1. The molecule has 0 aliphatic heterocycles. The lowest BCUT2D eigenvalue weighted by atomic mass is 10.1. The zero-order valence-electron chi connectivity index (χ0n) is 18.5. The van der Waals surface area contributed by atoms with Crippen LogP contribution in [0.25, 0.3) is 0 Å². The van der Waals surface area contributed by atoms with Gasteiger partial charge in [0.15, 0.2) is 0 Å². The van der Waals surface area contributed by atoms with Gasteiger partial charge in [-0.15, -0.1) is 0 Å². The molecule has 0 fully saturated rings. The number of amides is 2. The summed E-state index contributed by atoms with van der Waals surface area (Å²) in [4.78, 5) is 31.8. The van der Waals surface area contributed by atoms with Crippen molar-refractivity contribution in [3.8, 4) is 0 Å². The molecule has 3 rings (SSSR count). The Morgan fingerprint density at radius 1 is 0.906 bits per heavy atom. The number of benzene rings is 2. The van der Waals surface area contributed by atoms with Crippen molar-refractivity contribution >= 4 is 26.9 Å². The largest absolute Gasteiger partial charge is 0.321 e. The summed E-state index contributed by atoms with van der Waals surface area (Å²) < 4.78 is 1.63. The molecule has 2 aromatic carbocycles. The van der Waals surface area contributed by atoms with Crippen molar-refractivity contribution in [1.29, 1.82) is 0 Å². The molecule has 0 saturated heterocycles. The van der Waals surface area contributed by atoms with Crippen LogP contribution in [0.1, 0.15) is 45.8 Å². The van der Waals surface area contributed by atoms with Gasteiger partial charge in [-0.3, -0.25) is 19.5 Å². The van der Waals surface area contributed by atoms with Crippen molar-refractivity contribution in [3.63, 3.8) is 0 Å². The van der Waals surface area contributed by atoms with E-state index < -0.39 is 0 Å². The van der Waals surface area contributed by atoms with E-state index in [9.17, 15) is 9.59 Å². The second-order valence-corrected chi connectivity index (χ2v) is 8.04. The van der Waals surface area contributed by atoms with Gasteiger partial charge in [-0.1, -0.05) is 50.2 Å². The highest BCUT2D eigenvalue weighted by Gasteiger charge is 2.16. The molecule has 0 radical (unpaired) electrons. The Balaban J connectivity index is 1.70. The number of nitrogens with zero attached hydrogens (tertiary/aromatic N) is 3. The van der Waals surface area contributed by atoms with E-state index in [1.54, 1.807) is 53.3 Å². The third-order valence-corrected chi connectivity index (χ3v) is 5.69.